The van der Waals surface area contributed by atoms with Gasteiger partial charge < -0.3 is 10.6 Å². The molecule has 0 spiro atoms. The maximum atomic E-state index is 12.1. The van der Waals surface area contributed by atoms with Gasteiger partial charge in [0.05, 0.1) is 5.92 Å². The molecule has 0 aromatic rings. The SMILES string of the molecule is CCC(CC)(CNC(=O)C1CCNC1C)SC. The number of rotatable bonds is 6. The lowest BCUT2D eigenvalue weighted by molar-refractivity contribution is -0.125. The van der Waals surface area contributed by atoms with E-state index in [1.54, 1.807) is 0 Å². The predicted molar refractivity (Wildman–Crippen MR) is 75.4 cm³/mol. The fourth-order valence-electron chi connectivity index (χ4n) is 2.46. The molecule has 4 heteroatoms. The van der Waals surface area contributed by atoms with Crippen molar-refractivity contribution in [1.82, 2.24) is 10.6 Å². The first kappa shape index (κ1) is 14.8. The average Bonchev–Trinajstić information content (AvgIpc) is 2.78. The van der Waals surface area contributed by atoms with E-state index in [4.69, 9.17) is 0 Å². The van der Waals surface area contributed by atoms with Crippen molar-refractivity contribution in [1.29, 1.82) is 0 Å². The van der Waals surface area contributed by atoms with Crippen molar-refractivity contribution in [3.8, 4) is 0 Å². The Balaban J connectivity index is 2.46. The van der Waals surface area contributed by atoms with Crippen molar-refractivity contribution < 1.29 is 4.79 Å². The van der Waals surface area contributed by atoms with Gasteiger partial charge in [0.1, 0.15) is 0 Å². The largest absolute Gasteiger partial charge is 0.354 e. The lowest BCUT2D eigenvalue weighted by Gasteiger charge is -2.30. The molecule has 1 amide bonds. The van der Waals surface area contributed by atoms with E-state index in [1.165, 1.54) is 0 Å². The zero-order valence-corrected chi connectivity index (χ0v) is 12.3. The maximum Gasteiger partial charge on any atom is 0.224 e. The van der Waals surface area contributed by atoms with Crippen LogP contribution in [0.25, 0.3) is 0 Å². The third kappa shape index (κ3) is 3.62. The van der Waals surface area contributed by atoms with Crippen LogP contribution < -0.4 is 10.6 Å². The average molecular weight is 258 g/mol. The summed E-state index contributed by atoms with van der Waals surface area (Å²) in [6.07, 6.45) is 5.31. The normalized spacial score (nSPS) is 24.9. The number of carbonyl (C=O) groups excluding carboxylic acids is 1. The molecular weight excluding hydrogens is 232 g/mol. The summed E-state index contributed by atoms with van der Waals surface area (Å²) >= 11 is 1.87. The van der Waals surface area contributed by atoms with Crippen molar-refractivity contribution >= 4 is 17.7 Å². The number of amides is 1. The highest BCUT2D eigenvalue weighted by atomic mass is 32.2. The van der Waals surface area contributed by atoms with Crippen LogP contribution in [0.5, 0.6) is 0 Å². The molecule has 1 aliphatic rings. The van der Waals surface area contributed by atoms with Gasteiger partial charge in [-0.2, -0.15) is 11.8 Å². The van der Waals surface area contributed by atoms with Gasteiger partial charge in [-0.3, -0.25) is 4.79 Å². The van der Waals surface area contributed by atoms with Crippen LogP contribution in [0.3, 0.4) is 0 Å². The summed E-state index contributed by atoms with van der Waals surface area (Å²) in [5.41, 5.74) is 0. The molecule has 0 bridgehead atoms. The van der Waals surface area contributed by atoms with E-state index >= 15 is 0 Å². The van der Waals surface area contributed by atoms with Gasteiger partial charge >= 0.3 is 0 Å². The Bertz CT molecular complexity index is 246. The zero-order chi connectivity index (χ0) is 12.9. The van der Waals surface area contributed by atoms with E-state index in [0.29, 0.717) is 6.04 Å². The molecule has 17 heavy (non-hydrogen) atoms. The van der Waals surface area contributed by atoms with Crippen LogP contribution in [0.2, 0.25) is 0 Å². The van der Waals surface area contributed by atoms with Crippen LogP contribution in [-0.2, 0) is 4.79 Å². The molecule has 100 valence electrons. The van der Waals surface area contributed by atoms with Crippen molar-refractivity contribution in [3.05, 3.63) is 0 Å². The predicted octanol–water partition coefficient (Wildman–Crippen LogP) is 2.02. The summed E-state index contributed by atoms with van der Waals surface area (Å²) in [6.45, 7) is 8.26. The van der Waals surface area contributed by atoms with E-state index < -0.39 is 0 Å². The molecule has 3 nitrogen and oxygen atoms in total. The minimum atomic E-state index is 0.156. The number of hydrogen-bond donors (Lipinski definition) is 2. The molecule has 2 N–H and O–H groups in total. The van der Waals surface area contributed by atoms with Gasteiger partial charge in [0.15, 0.2) is 0 Å². The van der Waals surface area contributed by atoms with E-state index in [0.717, 1.165) is 32.4 Å². The molecule has 0 aromatic carbocycles. The molecular formula is C13H26N2OS. The molecule has 1 aliphatic heterocycles. The summed E-state index contributed by atoms with van der Waals surface area (Å²) in [5.74, 6) is 0.381. The first-order valence-electron chi connectivity index (χ1n) is 6.64. The molecule has 2 unspecified atom stereocenters. The fraction of sp³-hybridized carbons (Fsp3) is 0.923. The van der Waals surface area contributed by atoms with Gasteiger partial charge in [0.25, 0.3) is 0 Å². The minimum Gasteiger partial charge on any atom is -0.354 e. The van der Waals surface area contributed by atoms with Crippen LogP contribution in [-0.4, -0.2) is 36.0 Å². The van der Waals surface area contributed by atoms with Crippen molar-refractivity contribution in [2.24, 2.45) is 5.92 Å². The zero-order valence-electron chi connectivity index (χ0n) is 11.5. The molecule has 2 atom stereocenters. The summed E-state index contributed by atoms with van der Waals surface area (Å²) in [4.78, 5) is 12.1. The standard InChI is InChI=1S/C13H26N2OS/c1-5-13(6-2,17-4)9-15-12(16)11-7-8-14-10(11)3/h10-11,14H,5-9H2,1-4H3,(H,15,16). The number of nitrogens with one attached hydrogen (secondary N) is 2. The monoisotopic (exact) mass is 258 g/mol. The maximum absolute atomic E-state index is 12.1. The van der Waals surface area contributed by atoms with Crippen molar-refractivity contribution in [3.63, 3.8) is 0 Å². The molecule has 1 heterocycles. The molecule has 1 saturated heterocycles. The molecule has 1 fully saturated rings. The highest BCUT2D eigenvalue weighted by Crippen LogP contribution is 2.29. The van der Waals surface area contributed by atoms with Gasteiger partial charge in [-0.25, -0.2) is 0 Å². The Morgan fingerprint density at radius 2 is 2.12 bits per heavy atom. The van der Waals surface area contributed by atoms with Gasteiger partial charge in [-0.1, -0.05) is 13.8 Å². The van der Waals surface area contributed by atoms with Crippen LogP contribution >= 0.6 is 11.8 Å². The Morgan fingerprint density at radius 1 is 1.47 bits per heavy atom. The van der Waals surface area contributed by atoms with Crippen molar-refractivity contribution in [2.45, 2.75) is 50.8 Å². The molecule has 0 aromatic heterocycles. The second kappa shape index (κ2) is 6.64. The molecule has 0 radical (unpaired) electrons. The van der Waals surface area contributed by atoms with Crippen LogP contribution in [0.15, 0.2) is 0 Å². The van der Waals surface area contributed by atoms with Gasteiger partial charge in [0, 0.05) is 17.3 Å². The summed E-state index contributed by atoms with van der Waals surface area (Å²) in [5, 5.41) is 6.47. The summed E-state index contributed by atoms with van der Waals surface area (Å²) < 4.78 is 0.213. The summed E-state index contributed by atoms with van der Waals surface area (Å²) in [7, 11) is 0. The van der Waals surface area contributed by atoms with E-state index in [2.05, 4.69) is 37.7 Å². The number of hydrogen-bond acceptors (Lipinski definition) is 3. The van der Waals surface area contributed by atoms with Gasteiger partial charge in [-0.15, -0.1) is 0 Å². The number of thioether (sulfide) groups is 1. The Hall–Kier alpha value is -0.220. The van der Waals surface area contributed by atoms with E-state index in [1.807, 2.05) is 11.8 Å². The lowest BCUT2D eigenvalue weighted by Crippen LogP contribution is -2.44. The molecule has 1 rings (SSSR count). The second-order valence-electron chi connectivity index (χ2n) is 4.95. The third-order valence-electron chi connectivity index (χ3n) is 4.17. The smallest absolute Gasteiger partial charge is 0.224 e. The van der Waals surface area contributed by atoms with E-state index in [9.17, 15) is 4.79 Å². The van der Waals surface area contributed by atoms with Crippen molar-refractivity contribution in [2.75, 3.05) is 19.3 Å². The topological polar surface area (TPSA) is 41.1 Å². The van der Waals surface area contributed by atoms with Gasteiger partial charge in [0.2, 0.25) is 5.91 Å². The number of carbonyl (C=O) groups is 1. The fourth-order valence-corrected chi connectivity index (χ4v) is 3.25. The Morgan fingerprint density at radius 3 is 2.53 bits per heavy atom. The summed E-state index contributed by atoms with van der Waals surface area (Å²) in [6, 6.07) is 0.321. The second-order valence-corrected chi connectivity index (χ2v) is 6.22. The van der Waals surface area contributed by atoms with Crippen LogP contribution in [0.1, 0.15) is 40.0 Å². The minimum absolute atomic E-state index is 0.156. The first-order valence-corrected chi connectivity index (χ1v) is 7.87. The van der Waals surface area contributed by atoms with E-state index in [-0.39, 0.29) is 16.6 Å². The first-order chi connectivity index (χ1) is 8.08. The third-order valence-corrected chi connectivity index (χ3v) is 5.76. The quantitative estimate of drug-likeness (QED) is 0.766. The Labute approximate surface area is 109 Å². The molecule has 0 aliphatic carbocycles. The van der Waals surface area contributed by atoms with Crippen LogP contribution in [0, 0.1) is 5.92 Å². The Kier molecular flexibility index (Phi) is 5.80. The lowest BCUT2D eigenvalue weighted by atomic mass is 9.99. The highest BCUT2D eigenvalue weighted by Gasteiger charge is 2.31. The highest BCUT2D eigenvalue weighted by molar-refractivity contribution is 8.00. The van der Waals surface area contributed by atoms with Gasteiger partial charge in [-0.05, 0) is 39.0 Å². The molecule has 0 saturated carbocycles. The van der Waals surface area contributed by atoms with Crippen LogP contribution in [0.4, 0.5) is 0 Å².